The summed E-state index contributed by atoms with van der Waals surface area (Å²) in [5, 5.41) is 28.6. The molecule has 0 bridgehead atoms. The van der Waals surface area contributed by atoms with Crippen molar-refractivity contribution >= 4 is 11.6 Å². The molecule has 0 aromatic heterocycles. The number of aliphatic hydroxyl groups is 3. The molecule has 0 fully saturated rings. The van der Waals surface area contributed by atoms with Gasteiger partial charge in [-0.3, -0.25) is 0 Å². The molecule has 0 aliphatic heterocycles. The molecule has 4 nitrogen and oxygen atoms in total. The van der Waals surface area contributed by atoms with Crippen LogP contribution in [-0.4, -0.2) is 35.1 Å². The van der Waals surface area contributed by atoms with Crippen LogP contribution in [0.5, 0.6) is 5.75 Å². The maximum absolute atomic E-state index is 9.86. The summed E-state index contributed by atoms with van der Waals surface area (Å²) in [6.07, 6.45) is -2.07. The van der Waals surface area contributed by atoms with Gasteiger partial charge < -0.3 is 20.1 Å². The van der Waals surface area contributed by atoms with Crippen molar-refractivity contribution in [1.29, 1.82) is 0 Å². The van der Waals surface area contributed by atoms with Crippen LogP contribution in [0.1, 0.15) is 18.1 Å². The van der Waals surface area contributed by atoms with Gasteiger partial charge in [-0.15, -0.1) is 0 Å². The molecular weight excluding hydrogens is 232 g/mol. The SMILES string of the molecule is COc1ccc(Cl)cc1C(O)C(O)CCO. The van der Waals surface area contributed by atoms with E-state index in [-0.39, 0.29) is 13.0 Å². The molecule has 2 atom stereocenters. The number of halogens is 1. The highest BCUT2D eigenvalue weighted by Crippen LogP contribution is 2.30. The molecular formula is C11H15ClO4. The maximum atomic E-state index is 9.86. The molecule has 0 heterocycles. The smallest absolute Gasteiger partial charge is 0.124 e. The van der Waals surface area contributed by atoms with E-state index in [1.54, 1.807) is 12.1 Å². The second-order valence-corrected chi connectivity index (χ2v) is 3.85. The first-order valence-electron chi connectivity index (χ1n) is 4.90. The fraction of sp³-hybridized carbons (Fsp3) is 0.455. The van der Waals surface area contributed by atoms with Crippen LogP contribution in [0, 0.1) is 0 Å². The number of rotatable bonds is 5. The largest absolute Gasteiger partial charge is 0.496 e. The highest BCUT2D eigenvalue weighted by atomic mass is 35.5. The van der Waals surface area contributed by atoms with Crippen LogP contribution in [0.4, 0.5) is 0 Å². The van der Waals surface area contributed by atoms with E-state index in [9.17, 15) is 10.2 Å². The molecule has 0 aliphatic rings. The van der Waals surface area contributed by atoms with Crippen LogP contribution >= 0.6 is 11.6 Å². The third-order valence-corrected chi connectivity index (χ3v) is 2.53. The number of hydrogen-bond acceptors (Lipinski definition) is 4. The number of benzene rings is 1. The Hall–Kier alpha value is -0.810. The van der Waals surface area contributed by atoms with E-state index in [1.165, 1.54) is 13.2 Å². The monoisotopic (exact) mass is 246 g/mol. The molecule has 0 saturated carbocycles. The molecule has 1 aromatic rings. The molecule has 5 heteroatoms. The predicted molar refractivity (Wildman–Crippen MR) is 60.7 cm³/mol. The summed E-state index contributed by atoms with van der Waals surface area (Å²) in [7, 11) is 1.47. The van der Waals surface area contributed by atoms with Crippen molar-refractivity contribution in [1.82, 2.24) is 0 Å². The first-order chi connectivity index (χ1) is 7.60. The molecule has 90 valence electrons. The van der Waals surface area contributed by atoms with Crippen molar-refractivity contribution in [3.8, 4) is 5.75 Å². The van der Waals surface area contributed by atoms with Gasteiger partial charge in [0.05, 0.1) is 13.2 Å². The lowest BCUT2D eigenvalue weighted by Gasteiger charge is -2.19. The first-order valence-corrected chi connectivity index (χ1v) is 5.28. The van der Waals surface area contributed by atoms with E-state index < -0.39 is 12.2 Å². The lowest BCUT2D eigenvalue weighted by atomic mass is 10.0. The lowest BCUT2D eigenvalue weighted by Crippen LogP contribution is -2.20. The Morgan fingerprint density at radius 3 is 2.62 bits per heavy atom. The average Bonchev–Trinajstić information content (AvgIpc) is 2.28. The Kier molecular flexibility index (Phi) is 5.02. The topological polar surface area (TPSA) is 69.9 Å². The summed E-state index contributed by atoms with van der Waals surface area (Å²) >= 11 is 5.80. The van der Waals surface area contributed by atoms with E-state index in [0.717, 1.165) is 0 Å². The minimum atomic E-state index is -1.12. The van der Waals surface area contributed by atoms with Gasteiger partial charge in [0.15, 0.2) is 0 Å². The Balaban J connectivity index is 2.96. The molecule has 1 aromatic carbocycles. The van der Waals surface area contributed by atoms with Crippen LogP contribution in [0.2, 0.25) is 5.02 Å². The third kappa shape index (κ3) is 3.09. The second-order valence-electron chi connectivity index (χ2n) is 3.41. The molecule has 0 aliphatic carbocycles. The average molecular weight is 247 g/mol. The van der Waals surface area contributed by atoms with Gasteiger partial charge in [0.2, 0.25) is 0 Å². The minimum Gasteiger partial charge on any atom is -0.496 e. The Morgan fingerprint density at radius 1 is 1.38 bits per heavy atom. The first kappa shape index (κ1) is 13.3. The van der Waals surface area contributed by atoms with Gasteiger partial charge in [-0.1, -0.05) is 11.6 Å². The molecule has 16 heavy (non-hydrogen) atoms. The lowest BCUT2D eigenvalue weighted by molar-refractivity contribution is 0.00305. The van der Waals surface area contributed by atoms with Crippen molar-refractivity contribution in [3.05, 3.63) is 28.8 Å². The van der Waals surface area contributed by atoms with Crippen LogP contribution in [0.15, 0.2) is 18.2 Å². The van der Waals surface area contributed by atoms with Gasteiger partial charge in [-0.05, 0) is 24.6 Å². The molecule has 0 spiro atoms. The molecule has 1 rings (SSSR count). The maximum Gasteiger partial charge on any atom is 0.124 e. The molecule has 3 N–H and O–H groups in total. The van der Waals surface area contributed by atoms with Crippen molar-refractivity contribution in [2.75, 3.05) is 13.7 Å². The summed E-state index contributed by atoms with van der Waals surface area (Å²) in [5.74, 6) is 0.453. The summed E-state index contributed by atoms with van der Waals surface area (Å²) in [5.41, 5.74) is 0.413. The van der Waals surface area contributed by atoms with E-state index in [0.29, 0.717) is 16.3 Å². The number of aliphatic hydroxyl groups excluding tert-OH is 3. The summed E-state index contributed by atoms with van der Waals surface area (Å²) in [4.78, 5) is 0. The zero-order valence-electron chi connectivity index (χ0n) is 8.93. The number of methoxy groups -OCH3 is 1. The van der Waals surface area contributed by atoms with Crippen LogP contribution in [0.25, 0.3) is 0 Å². The van der Waals surface area contributed by atoms with Gasteiger partial charge in [0.1, 0.15) is 11.9 Å². The van der Waals surface area contributed by atoms with Gasteiger partial charge in [0.25, 0.3) is 0 Å². The normalized spacial score (nSPS) is 14.6. The fourth-order valence-corrected chi connectivity index (χ4v) is 1.61. The van der Waals surface area contributed by atoms with Crippen LogP contribution < -0.4 is 4.74 Å². The van der Waals surface area contributed by atoms with Crippen molar-refractivity contribution in [2.24, 2.45) is 0 Å². The van der Waals surface area contributed by atoms with Gasteiger partial charge in [-0.2, -0.15) is 0 Å². The van der Waals surface area contributed by atoms with Crippen molar-refractivity contribution in [2.45, 2.75) is 18.6 Å². The van der Waals surface area contributed by atoms with Gasteiger partial charge in [-0.25, -0.2) is 0 Å². The van der Waals surface area contributed by atoms with Crippen molar-refractivity contribution < 1.29 is 20.1 Å². The standard InChI is InChI=1S/C11H15ClO4/c1-16-10-3-2-7(12)6-8(10)11(15)9(14)4-5-13/h2-3,6,9,11,13-15H,4-5H2,1H3. The van der Waals surface area contributed by atoms with E-state index in [2.05, 4.69) is 0 Å². The second kappa shape index (κ2) is 6.06. The minimum absolute atomic E-state index is 0.0941. The van der Waals surface area contributed by atoms with Crippen LogP contribution in [-0.2, 0) is 0 Å². The summed E-state index contributed by atoms with van der Waals surface area (Å²) in [6.45, 7) is -0.193. The van der Waals surface area contributed by atoms with Gasteiger partial charge >= 0.3 is 0 Å². The Bertz CT molecular complexity index is 343. The quantitative estimate of drug-likeness (QED) is 0.728. The Morgan fingerprint density at radius 2 is 2.06 bits per heavy atom. The summed E-state index contributed by atoms with van der Waals surface area (Å²) in [6, 6.07) is 4.78. The number of ether oxygens (including phenoxy) is 1. The third-order valence-electron chi connectivity index (χ3n) is 2.30. The van der Waals surface area contributed by atoms with Gasteiger partial charge in [0, 0.05) is 17.2 Å². The summed E-state index contributed by atoms with van der Waals surface area (Å²) < 4.78 is 5.06. The molecule has 0 saturated heterocycles. The van der Waals surface area contributed by atoms with Crippen molar-refractivity contribution in [3.63, 3.8) is 0 Å². The molecule has 0 amide bonds. The predicted octanol–water partition coefficient (Wildman–Crippen LogP) is 1.13. The highest BCUT2D eigenvalue weighted by Gasteiger charge is 2.21. The van der Waals surface area contributed by atoms with E-state index in [1.807, 2.05) is 0 Å². The fourth-order valence-electron chi connectivity index (χ4n) is 1.43. The van der Waals surface area contributed by atoms with Crippen LogP contribution in [0.3, 0.4) is 0 Å². The number of hydrogen-bond donors (Lipinski definition) is 3. The molecule has 2 unspecified atom stereocenters. The van der Waals surface area contributed by atoms with E-state index in [4.69, 9.17) is 21.4 Å². The Labute approximate surface area is 99.1 Å². The molecule has 0 radical (unpaired) electrons. The van der Waals surface area contributed by atoms with E-state index >= 15 is 0 Å². The highest BCUT2D eigenvalue weighted by molar-refractivity contribution is 6.30. The zero-order valence-corrected chi connectivity index (χ0v) is 9.68. The zero-order chi connectivity index (χ0) is 12.1.